The molecule has 0 bridgehead atoms. The predicted octanol–water partition coefficient (Wildman–Crippen LogP) is 2.81. The molecule has 1 aromatic rings. The van der Waals surface area contributed by atoms with E-state index in [0.29, 0.717) is 13.1 Å². The van der Waals surface area contributed by atoms with Crippen LogP contribution in [0, 0.1) is 0 Å². The van der Waals surface area contributed by atoms with Crippen LogP contribution in [0.15, 0.2) is 29.2 Å². The summed E-state index contributed by atoms with van der Waals surface area (Å²) in [6.07, 6.45) is 5.69. The van der Waals surface area contributed by atoms with E-state index in [1.807, 2.05) is 13.8 Å². The van der Waals surface area contributed by atoms with Gasteiger partial charge in [-0.1, -0.05) is 12.5 Å². The number of likely N-dealkylation sites (tertiary alicyclic amines) is 1. The molecule has 2 saturated heterocycles. The third-order valence-corrected chi connectivity index (χ3v) is 7.88. The quantitative estimate of drug-likeness (QED) is 0.682. The molecule has 1 amide bonds. The van der Waals surface area contributed by atoms with E-state index in [1.165, 1.54) is 28.6 Å². The van der Waals surface area contributed by atoms with Crippen LogP contribution in [0.2, 0.25) is 0 Å². The molecule has 2 aliphatic rings. The predicted molar refractivity (Wildman–Crippen MR) is 109 cm³/mol. The van der Waals surface area contributed by atoms with Crippen molar-refractivity contribution in [3.63, 3.8) is 0 Å². The van der Waals surface area contributed by atoms with E-state index >= 15 is 0 Å². The van der Waals surface area contributed by atoms with Crippen molar-refractivity contribution in [2.24, 2.45) is 0 Å². The van der Waals surface area contributed by atoms with Gasteiger partial charge < -0.3 is 9.64 Å². The average Bonchev–Trinajstić information content (AvgIpc) is 2.72. The lowest BCUT2D eigenvalue weighted by Gasteiger charge is -2.33. The number of benzene rings is 1. The van der Waals surface area contributed by atoms with E-state index in [1.54, 1.807) is 4.90 Å². The standard InChI is InChI=1S/C21H30N2O5S/c1-16-8-3-5-12-22(16)20(24)15-28-21(25)18-10-7-11-19(14-18)29(26,27)23-13-6-4-9-17(23)2/h7,10-11,14,16-17H,3-6,8-9,12-13,15H2,1-2H3/t16-,17+/m1/s1. The van der Waals surface area contributed by atoms with Crippen LogP contribution in [-0.4, -0.2) is 61.3 Å². The zero-order chi connectivity index (χ0) is 21.0. The second kappa shape index (κ2) is 9.26. The van der Waals surface area contributed by atoms with Crippen LogP contribution in [0.25, 0.3) is 0 Å². The minimum absolute atomic E-state index is 0.0616. The van der Waals surface area contributed by atoms with Crippen molar-refractivity contribution in [1.29, 1.82) is 0 Å². The Bertz CT molecular complexity index is 854. The number of esters is 1. The second-order valence-corrected chi connectivity index (χ2v) is 9.89. The summed E-state index contributed by atoms with van der Waals surface area (Å²) in [5.41, 5.74) is 0.134. The van der Waals surface area contributed by atoms with E-state index in [4.69, 9.17) is 4.74 Å². The Morgan fingerprint density at radius 3 is 2.41 bits per heavy atom. The summed E-state index contributed by atoms with van der Waals surface area (Å²) >= 11 is 0. The van der Waals surface area contributed by atoms with Gasteiger partial charge in [0.1, 0.15) is 0 Å². The van der Waals surface area contributed by atoms with Gasteiger partial charge in [-0.2, -0.15) is 4.31 Å². The zero-order valence-corrected chi connectivity index (χ0v) is 18.0. The highest BCUT2D eigenvalue weighted by molar-refractivity contribution is 7.89. The molecule has 0 unspecified atom stereocenters. The van der Waals surface area contributed by atoms with E-state index in [0.717, 1.165) is 38.5 Å². The number of sulfonamides is 1. The molecule has 0 radical (unpaired) electrons. The molecule has 0 aliphatic carbocycles. The summed E-state index contributed by atoms with van der Waals surface area (Å²) in [6.45, 7) is 4.74. The molecule has 0 N–H and O–H groups in total. The lowest BCUT2D eigenvalue weighted by Crippen LogP contribution is -2.44. The van der Waals surface area contributed by atoms with E-state index in [9.17, 15) is 18.0 Å². The summed E-state index contributed by atoms with van der Waals surface area (Å²) in [7, 11) is -3.67. The SMILES string of the molecule is C[C@@H]1CCCCN1C(=O)COC(=O)c1cccc(S(=O)(=O)N2CCCC[C@@H]2C)c1. The lowest BCUT2D eigenvalue weighted by atomic mass is 10.0. The van der Waals surface area contributed by atoms with Crippen LogP contribution in [0.5, 0.6) is 0 Å². The van der Waals surface area contributed by atoms with Crippen LogP contribution in [0.4, 0.5) is 0 Å². The topological polar surface area (TPSA) is 84.0 Å². The molecule has 1 aromatic carbocycles. The highest BCUT2D eigenvalue weighted by Crippen LogP contribution is 2.25. The van der Waals surface area contributed by atoms with Gasteiger partial charge in [0.2, 0.25) is 10.0 Å². The monoisotopic (exact) mass is 422 g/mol. The number of ether oxygens (including phenoxy) is 1. The largest absolute Gasteiger partial charge is 0.452 e. The Balaban J connectivity index is 1.67. The first-order valence-electron chi connectivity index (χ1n) is 10.4. The minimum Gasteiger partial charge on any atom is -0.452 e. The van der Waals surface area contributed by atoms with Gasteiger partial charge in [0, 0.05) is 25.2 Å². The van der Waals surface area contributed by atoms with Gasteiger partial charge in [-0.15, -0.1) is 0 Å². The molecule has 0 saturated carbocycles. The van der Waals surface area contributed by atoms with Crippen molar-refractivity contribution in [2.75, 3.05) is 19.7 Å². The summed E-state index contributed by atoms with van der Waals surface area (Å²) in [5.74, 6) is -0.900. The molecular weight excluding hydrogens is 392 g/mol. The number of rotatable bonds is 5. The Morgan fingerprint density at radius 2 is 1.72 bits per heavy atom. The van der Waals surface area contributed by atoms with Crippen LogP contribution in [-0.2, 0) is 19.6 Å². The normalized spacial score (nSPS) is 23.6. The molecule has 0 aromatic heterocycles. The lowest BCUT2D eigenvalue weighted by molar-refractivity contribution is -0.137. The Labute approximate surface area is 173 Å². The fraction of sp³-hybridized carbons (Fsp3) is 0.619. The molecule has 29 heavy (non-hydrogen) atoms. The van der Waals surface area contributed by atoms with Crippen molar-refractivity contribution in [1.82, 2.24) is 9.21 Å². The zero-order valence-electron chi connectivity index (χ0n) is 17.2. The molecule has 3 rings (SSSR count). The van der Waals surface area contributed by atoms with E-state index in [-0.39, 0.29) is 35.1 Å². The maximum atomic E-state index is 13.0. The van der Waals surface area contributed by atoms with Crippen molar-refractivity contribution in [3.05, 3.63) is 29.8 Å². The van der Waals surface area contributed by atoms with E-state index < -0.39 is 16.0 Å². The van der Waals surface area contributed by atoms with Gasteiger partial charge >= 0.3 is 5.97 Å². The van der Waals surface area contributed by atoms with Crippen molar-refractivity contribution < 1.29 is 22.7 Å². The number of nitrogens with zero attached hydrogens (tertiary/aromatic N) is 2. The van der Waals surface area contributed by atoms with Gasteiger partial charge in [-0.25, -0.2) is 13.2 Å². The molecule has 0 spiro atoms. The number of carbonyl (C=O) groups is 2. The molecule has 160 valence electrons. The van der Waals surface area contributed by atoms with Crippen LogP contribution < -0.4 is 0 Å². The van der Waals surface area contributed by atoms with Gasteiger partial charge in [0.15, 0.2) is 6.61 Å². The minimum atomic E-state index is -3.67. The number of carbonyl (C=O) groups excluding carboxylic acids is 2. The van der Waals surface area contributed by atoms with Crippen LogP contribution in [0.3, 0.4) is 0 Å². The number of hydrogen-bond acceptors (Lipinski definition) is 5. The molecule has 8 heteroatoms. The number of piperidine rings is 2. The van der Waals surface area contributed by atoms with Gasteiger partial charge in [-0.05, 0) is 64.2 Å². The third kappa shape index (κ3) is 4.98. The average molecular weight is 423 g/mol. The molecule has 2 aliphatic heterocycles. The highest BCUT2D eigenvalue weighted by atomic mass is 32.2. The second-order valence-electron chi connectivity index (χ2n) is 8.00. The fourth-order valence-corrected chi connectivity index (χ4v) is 5.86. The molecular formula is C21H30N2O5S. The summed E-state index contributed by atoms with van der Waals surface area (Å²) < 4.78 is 32.7. The molecule has 2 fully saturated rings. The first-order chi connectivity index (χ1) is 13.8. The molecule has 2 atom stereocenters. The summed E-state index contributed by atoms with van der Waals surface area (Å²) in [4.78, 5) is 26.6. The van der Waals surface area contributed by atoms with E-state index in [2.05, 4.69) is 0 Å². The Hall–Kier alpha value is -1.93. The van der Waals surface area contributed by atoms with Crippen molar-refractivity contribution in [3.8, 4) is 0 Å². The number of amides is 1. The van der Waals surface area contributed by atoms with Crippen molar-refractivity contribution >= 4 is 21.9 Å². The maximum absolute atomic E-state index is 13.0. The van der Waals surface area contributed by atoms with Crippen molar-refractivity contribution in [2.45, 2.75) is 69.4 Å². The van der Waals surface area contributed by atoms with Crippen LogP contribution in [0.1, 0.15) is 62.7 Å². The third-order valence-electron chi connectivity index (χ3n) is 5.87. The Morgan fingerprint density at radius 1 is 1.03 bits per heavy atom. The first kappa shape index (κ1) is 21.8. The van der Waals surface area contributed by atoms with Gasteiger partial charge in [0.05, 0.1) is 10.5 Å². The molecule has 2 heterocycles. The maximum Gasteiger partial charge on any atom is 0.338 e. The highest BCUT2D eigenvalue weighted by Gasteiger charge is 2.31. The van der Waals surface area contributed by atoms with Crippen LogP contribution >= 0.6 is 0 Å². The van der Waals surface area contributed by atoms with Gasteiger partial charge in [-0.3, -0.25) is 4.79 Å². The summed E-state index contributed by atoms with van der Waals surface area (Å²) in [5, 5.41) is 0. The molecule has 7 nitrogen and oxygen atoms in total. The fourth-order valence-electron chi connectivity index (χ4n) is 4.11. The van der Waals surface area contributed by atoms with Gasteiger partial charge in [0.25, 0.3) is 5.91 Å². The first-order valence-corrected chi connectivity index (χ1v) is 11.8. The Kier molecular flexibility index (Phi) is 6.95. The smallest absolute Gasteiger partial charge is 0.338 e. The number of hydrogen-bond donors (Lipinski definition) is 0. The summed E-state index contributed by atoms with van der Waals surface area (Å²) in [6, 6.07) is 5.96.